The molecule has 0 aromatic heterocycles. The van der Waals surface area contributed by atoms with Crippen LogP contribution in [0.2, 0.25) is 0 Å². The van der Waals surface area contributed by atoms with E-state index < -0.39 is 27.4 Å². The summed E-state index contributed by atoms with van der Waals surface area (Å²) in [5.74, 6) is -1.76. The molecule has 8 heteroatoms. The second kappa shape index (κ2) is 9.60. The molecule has 3 aromatic rings. The van der Waals surface area contributed by atoms with E-state index >= 15 is 0 Å². The lowest BCUT2D eigenvalue weighted by Gasteiger charge is -2.26. The Morgan fingerprint density at radius 3 is 2.28 bits per heavy atom. The Bertz CT molecular complexity index is 1190. The molecule has 0 bridgehead atoms. The van der Waals surface area contributed by atoms with Gasteiger partial charge in [-0.25, -0.2) is 17.6 Å². The molecule has 1 heterocycles. The Kier molecular flexibility index (Phi) is 6.64. The van der Waals surface area contributed by atoms with Crippen LogP contribution in [0.1, 0.15) is 15.9 Å². The smallest absolute Gasteiger partial charge is 0.341 e. The first-order chi connectivity index (χ1) is 15.4. The van der Waals surface area contributed by atoms with Crippen LogP contribution in [-0.4, -0.2) is 45.0 Å². The van der Waals surface area contributed by atoms with E-state index in [1.165, 1.54) is 4.31 Å². The Morgan fingerprint density at radius 2 is 1.59 bits per heavy atom. The SMILES string of the molecule is O=C(OCc1ccc(-c2ccccc2)cc1)c1cc(S(=O)(=O)N2CCOCC2)ccc1F. The van der Waals surface area contributed by atoms with Crippen molar-refractivity contribution in [2.75, 3.05) is 26.3 Å². The molecule has 0 unspecified atom stereocenters. The summed E-state index contributed by atoms with van der Waals surface area (Å²) in [5, 5.41) is 0. The van der Waals surface area contributed by atoms with Crippen molar-refractivity contribution < 1.29 is 27.1 Å². The molecule has 166 valence electrons. The molecule has 0 spiro atoms. The zero-order valence-electron chi connectivity index (χ0n) is 17.2. The maximum atomic E-state index is 14.3. The first kappa shape index (κ1) is 22.1. The van der Waals surface area contributed by atoms with E-state index in [9.17, 15) is 17.6 Å². The molecule has 0 amide bonds. The fourth-order valence-corrected chi connectivity index (χ4v) is 4.84. The summed E-state index contributed by atoms with van der Waals surface area (Å²) in [4.78, 5) is 12.3. The maximum absolute atomic E-state index is 14.3. The van der Waals surface area contributed by atoms with Gasteiger partial charge in [-0.3, -0.25) is 0 Å². The van der Waals surface area contributed by atoms with Crippen LogP contribution in [0.15, 0.2) is 77.7 Å². The summed E-state index contributed by atoms with van der Waals surface area (Å²) in [6.45, 7) is 0.932. The highest BCUT2D eigenvalue weighted by Crippen LogP contribution is 2.22. The molecule has 1 fully saturated rings. The lowest BCUT2D eigenvalue weighted by molar-refractivity contribution is 0.0467. The normalized spacial score (nSPS) is 14.8. The van der Waals surface area contributed by atoms with Gasteiger partial charge in [0.05, 0.1) is 23.7 Å². The quantitative estimate of drug-likeness (QED) is 0.528. The minimum Gasteiger partial charge on any atom is -0.457 e. The van der Waals surface area contributed by atoms with Crippen molar-refractivity contribution in [3.8, 4) is 11.1 Å². The third-order valence-corrected chi connectivity index (χ3v) is 7.09. The fraction of sp³-hybridized carbons (Fsp3) is 0.208. The first-order valence-corrected chi connectivity index (χ1v) is 11.6. The molecule has 1 aliphatic heterocycles. The standard InChI is InChI=1S/C24H22FNO5S/c25-23-11-10-21(32(28,29)26-12-14-30-15-13-26)16-22(23)24(27)31-17-18-6-8-20(9-7-18)19-4-2-1-3-5-19/h1-11,16H,12-15,17H2. The average Bonchev–Trinajstić information content (AvgIpc) is 2.84. The largest absolute Gasteiger partial charge is 0.457 e. The molecule has 0 aliphatic carbocycles. The van der Waals surface area contributed by atoms with Gasteiger partial charge in [0.2, 0.25) is 10.0 Å². The second-order valence-corrected chi connectivity index (χ2v) is 9.24. The number of benzene rings is 3. The van der Waals surface area contributed by atoms with Gasteiger partial charge in [-0.1, -0.05) is 54.6 Å². The predicted octanol–water partition coefficient (Wildman–Crippen LogP) is 3.87. The van der Waals surface area contributed by atoms with Gasteiger partial charge in [0, 0.05) is 13.1 Å². The molecule has 6 nitrogen and oxygen atoms in total. The topological polar surface area (TPSA) is 72.9 Å². The van der Waals surface area contributed by atoms with Crippen molar-refractivity contribution >= 4 is 16.0 Å². The summed E-state index contributed by atoms with van der Waals surface area (Å²) < 4.78 is 51.6. The van der Waals surface area contributed by atoms with Crippen LogP contribution in [0, 0.1) is 5.82 Å². The molecule has 0 radical (unpaired) electrons. The number of esters is 1. The van der Waals surface area contributed by atoms with E-state index in [2.05, 4.69) is 0 Å². The van der Waals surface area contributed by atoms with Crippen molar-refractivity contribution in [1.29, 1.82) is 0 Å². The molecule has 0 N–H and O–H groups in total. The van der Waals surface area contributed by atoms with Crippen molar-refractivity contribution in [3.63, 3.8) is 0 Å². The van der Waals surface area contributed by atoms with Crippen LogP contribution in [-0.2, 0) is 26.1 Å². The lowest BCUT2D eigenvalue weighted by Crippen LogP contribution is -2.40. The molecule has 1 saturated heterocycles. The zero-order valence-corrected chi connectivity index (χ0v) is 18.1. The number of hydrogen-bond donors (Lipinski definition) is 0. The summed E-state index contributed by atoms with van der Waals surface area (Å²) in [7, 11) is -3.85. The van der Waals surface area contributed by atoms with E-state index in [0.29, 0.717) is 13.2 Å². The number of sulfonamides is 1. The minimum absolute atomic E-state index is 0.0617. The van der Waals surface area contributed by atoms with E-state index in [4.69, 9.17) is 9.47 Å². The van der Waals surface area contributed by atoms with E-state index in [0.717, 1.165) is 34.9 Å². The molecule has 3 aromatic carbocycles. The number of ether oxygens (including phenoxy) is 2. The van der Waals surface area contributed by atoms with Crippen LogP contribution < -0.4 is 0 Å². The second-order valence-electron chi connectivity index (χ2n) is 7.30. The highest BCUT2D eigenvalue weighted by Gasteiger charge is 2.28. The van der Waals surface area contributed by atoms with Crippen LogP contribution >= 0.6 is 0 Å². The molecule has 0 saturated carbocycles. The van der Waals surface area contributed by atoms with Crippen molar-refractivity contribution in [2.24, 2.45) is 0 Å². The van der Waals surface area contributed by atoms with Gasteiger partial charge in [-0.05, 0) is 34.9 Å². The van der Waals surface area contributed by atoms with Gasteiger partial charge in [0.15, 0.2) is 0 Å². The summed E-state index contributed by atoms with van der Waals surface area (Å²) in [6.07, 6.45) is 0. The third-order valence-electron chi connectivity index (χ3n) is 5.20. The fourth-order valence-electron chi connectivity index (χ4n) is 3.41. The van der Waals surface area contributed by atoms with E-state index in [1.807, 2.05) is 54.6 Å². The van der Waals surface area contributed by atoms with Gasteiger partial charge >= 0.3 is 5.97 Å². The minimum atomic E-state index is -3.85. The van der Waals surface area contributed by atoms with Gasteiger partial charge in [-0.15, -0.1) is 0 Å². The van der Waals surface area contributed by atoms with Crippen molar-refractivity contribution in [3.05, 3.63) is 89.7 Å². The Labute approximate surface area is 186 Å². The number of halogens is 1. The molecular weight excluding hydrogens is 433 g/mol. The number of nitrogens with zero attached hydrogens (tertiary/aromatic N) is 1. The monoisotopic (exact) mass is 455 g/mol. The molecule has 32 heavy (non-hydrogen) atoms. The first-order valence-electron chi connectivity index (χ1n) is 10.1. The Hall–Kier alpha value is -3.07. The van der Waals surface area contributed by atoms with Crippen LogP contribution in [0.5, 0.6) is 0 Å². The van der Waals surface area contributed by atoms with Crippen LogP contribution in [0.4, 0.5) is 4.39 Å². The summed E-state index contributed by atoms with van der Waals surface area (Å²) in [6, 6.07) is 20.5. The number of hydrogen-bond acceptors (Lipinski definition) is 5. The summed E-state index contributed by atoms with van der Waals surface area (Å²) >= 11 is 0. The molecule has 0 atom stereocenters. The highest BCUT2D eigenvalue weighted by atomic mass is 32.2. The van der Waals surface area contributed by atoms with Crippen molar-refractivity contribution in [2.45, 2.75) is 11.5 Å². The average molecular weight is 456 g/mol. The van der Waals surface area contributed by atoms with Crippen molar-refractivity contribution in [1.82, 2.24) is 4.31 Å². The zero-order chi connectivity index (χ0) is 22.6. The number of rotatable bonds is 6. The number of morpholine rings is 1. The van der Waals surface area contributed by atoms with Crippen LogP contribution in [0.3, 0.4) is 0 Å². The van der Waals surface area contributed by atoms with Gasteiger partial charge in [0.25, 0.3) is 0 Å². The summed E-state index contributed by atoms with van der Waals surface area (Å²) in [5.41, 5.74) is 2.40. The molecule has 1 aliphatic rings. The van der Waals surface area contributed by atoms with Crippen LogP contribution in [0.25, 0.3) is 11.1 Å². The Morgan fingerprint density at radius 1 is 0.938 bits per heavy atom. The number of carbonyl (C=O) groups excluding carboxylic acids is 1. The lowest BCUT2D eigenvalue weighted by atomic mass is 10.0. The molecule has 4 rings (SSSR count). The Balaban J connectivity index is 1.46. The van der Waals surface area contributed by atoms with E-state index in [-0.39, 0.29) is 24.6 Å². The van der Waals surface area contributed by atoms with Gasteiger partial charge < -0.3 is 9.47 Å². The number of carbonyl (C=O) groups is 1. The van der Waals surface area contributed by atoms with Gasteiger partial charge in [0.1, 0.15) is 12.4 Å². The molecular formula is C24H22FNO5S. The highest BCUT2D eigenvalue weighted by molar-refractivity contribution is 7.89. The predicted molar refractivity (Wildman–Crippen MR) is 117 cm³/mol. The van der Waals surface area contributed by atoms with E-state index in [1.54, 1.807) is 0 Å². The van der Waals surface area contributed by atoms with Gasteiger partial charge in [-0.2, -0.15) is 4.31 Å². The third kappa shape index (κ3) is 4.88. The maximum Gasteiger partial charge on any atom is 0.341 e.